The molecule has 1 aromatic heterocycles. The Kier molecular flexibility index (Phi) is 5.23. The van der Waals surface area contributed by atoms with E-state index in [0.717, 1.165) is 18.0 Å². The average Bonchev–Trinajstić information content (AvgIpc) is 2.41. The Morgan fingerprint density at radius 2 is 2.05 bits per heavy atom. The molecular weight excluding hydrogens is 256 g/mol. The molecule has 1 aliphatic carbocycles. The van der Waals surface area contributed by atoms with Crippen molar-refractivity contribution in [3.05, 3.63) is 29.0 Å². The molecule has 0 aliphatic heterocycles. The van der Waals surface area contributed by atoms with Crippen molar-refractivity contribution in [2.24, 2.45) is 5.41 Å². The van der Waals surface area contributed by atoms with Gasteiger partial charge < -0.3 is 5.32 Å². The summed E-state index contributed by atoms with van der Waals surface area (Å²) in [7, 11) is 0. The number of hydrogen-bond donors (Lipinski definition) is 1. The van der Waals surface area contributed by atoms with Crippen molar-refractivity contribution >= 4 is 11.6 Å². The molecule has 1 heterocycles. The quantitative estimate of drug-likeness (QED) is 0.873. The van der Waals surface area contributed by atoms with Crippen LogP contribution in [0.1, 0.15) is 51.5 Å². The lowest BCUT2D eigenvalue weighted by molar-refractivity contribution is 0.176. The third-order valence-corrected chi connectivity index (χ3v) is 4.56. The molecule has 1 aromatic rings. The highest BCUT2D eigenvalue weighted by Crippen LogP contribution is 2.39. The molecule has 2 rings (SSSR count). The fourth-order valence-corrected chi connectivity index (χ4v) is 3.28. The maximum atomic E-state index is 6.29. The first-order chi connectivity index (χ1) is 9.11. The van der Waals surface area contributed by atoms with Gasteiger partial charge in [0, 0.05) is 25.0 Å². The Bertz CT molecular complexity index is 397. The lowest BCUT2D eigenvalue weighted by Crippen LogP contribution is -2.40. The summed E-state index contributed by atoms with van der Waals surface area (Å²) < 4.78 is 0. The van der Waals surface area contributed by atoms with Gasteiger partial charge in [-0.1, -0.05) is 44.7 Å². The van der Waals surface area contributed by atoms with E-state index in [1.807, 2.05) is 6.20 Å². The maximum Gasteiger partial charge on any atom is 0.0621 e. The zero-order valence-electron chi connectivity index (χ0n) is 12.1. The lowest BCUT2D eigenvalue weighted by atomic mass is 9.70. The van der Waals surface area contributed by atoms with Crippen LogP contribution in [0.25, 0.3) is 0 Å². The van der Waals surface area contributed by atoms with Crippen molar-refractivity contribution in [3.8, 4) is 0 Å². The minimum Gasteiger partial charge on any atom is -0.314 e. The number of halogens is 1. The predicted octanol–water partition coefficient (Wildman–Crippen LogP) is 4.23. The third kappa shape index (κ3) is 4.19. The largest absolute Gasteiger partial charge is 0.314 e. The highest BCUT2D eigenvalue weighted by Gasteiger charge is 2.32. The van der Waals surface area contributed by atoms with Gasteiger partial charge in [0.15, 0.2) is 0 Å². The van der Waals surface area contributed by atoms with Gasteiger partial charge in [-0.05, 0) is 36.3 Å². The summed E-state index contributed by atoms with van der Waals surface area (Å²) >= 11 is 6.29. The van der Waals surface area contributed by atoms with E-state index in [9.17, 15) is 0 Å². The molecule has 106 valence electrons. The number of aromatic nitrogens is 1. The molecular formula is C16H25ClN2. The summed E-state index contributed by atoms with van der Waals surface area (Å²) in [6.45, 7) is 5.54. The van der Waals surface area contributed by atoms with E-state index in [2.05, 4.69) is 30.2 Å². The predicted molar refractivity (Wildman–Crippen MR) is 81.6 cm³/mol. The monoisotopic (exact) mass is 280 g/mol. The van der Waals surface area contributed by atoms with Crippen molar-refractivity contribution in [2.45, 2.75) is 58.4 Å². The molecule has 0 bridgehead atoms. The van der Waals surface area contributed by atoms with Gasteiger partial charge in [-0.15, -0.1) is 0 Å². The number of rotatable bonds is 5. The van der Waals surface area contributed by atoms with Crippen LogP contribution in [0.4, 0.5) is 0 Å². The first-order valence-electron chi connectivity index (χ1n) is 7.43. The van der Waals surface area contributed by atoms with Crippen LogP contribution >= 0.6 is 11.6 Å². The molecule has 0 spiro atoms. The van der Waals surface area contributed by atoms with Crippen LogP contribution in [-0.2, 0) is 6.42 Å². The van der Waals surface area contributed by atoms with Crippen LogP contribution in [0.3, 0.4) is 0 Å². The Hall–Kier alpha value is -0.600. The molecule has 2 nitrogen and oxygen atoms in total. The van der Waals surface area contributed by atoms with Gasteiger partial charge in [-0.2, -0.15) is 0 Å². The topological polar surface area (TPSA) is 24.9 Å². The van der Waals surface area contributed by atoms with Gasteiger partial charge in [0.05, 0.1) is 5.02 Å². The molecule has 0 saturated heterocycles. The smallest absolute Gasteiger partial charge is 0.0621 e. The highest BCUT2D eigenvalue weighted by atomic mass is 35.5. The van der Waals surface area contributed by atoms with E-state index in [-0.39, 0.29) is 0 Å². The molecule has 0 aromatic carbocycles. The van der Waals surface area contributed by atoms with Crippen LogP contribution < -0.4 is 5.32 Å². The van der Waals surface area contributed by atoms with Gasteiger partial charge in [-0.3, -0.25) is 4.98 Å². The van der Waals surface area contributed by atoms with Gasteiger partial charge in [0.2, 0.25) is 0 Å². The zero-order valence-corrected chi connectivity index (χ0v) is 12.8. The van der Waals surface area contributed by atoms with E-state index in [1.54, 1.807) is 6.20 Å². The van der Waals surface area contributed by atoms with Crippen molar-refractivity contribution in [1.29, 1.82) is 0 Å². The van der Waals surface area contributed by atoms with Gasteiger partial charge in [-0.25, -0.2) is 0 Å². The van der Waals surface area contributed by atoms with Crippen molar-refractivity contribution < 1.29 is 0 Å². The number of nitrogens with one attached hydrogen (secondary N) is 1. The molecule has 1 aliphatic rings. The first-order valence-corrected chi connectivity index (χ1v) is 7.81. The van der Waals surface area contributed by atoms with E-state index >= 15 is 0 Å². The number of nitrogens with zero attached hydrogens (tertiary/aromatic N) is 1. The fourth-order valence-electron chi connectivity index (χ4n) is 3.09. The summed E-state index contributed by atoms with van der Waals surface area (Å²) in [6.07, 6.45) is 11.4. The highest BCUT2D eigenvalue weighted by molar-refractivity contribution is 6.31. The Morgan fingerprint density at radius 1 is 1.32 bits per heavy atom. The van der Waals surface area contributed by atoms with Crippen molar-refractivity contribution in [1.82, 2.24) is 10.3 Å². The van der Waals surface area contributed by atoms with Crippen LogP contribution in [0.5, 0.6) is 0 Å². The second-order valence-corrected chi connectivity index (χ2v) is 6.65. The number of hydrogen-bond acceptors (Lipinski definition) is 2. The minimum atomic E-state index is 0.382. The first kappa shape index (κ1) is 14.8. The average molecular weight is 281 g/mol. The van der Waals surface area contributed by atoms with Crippen LogP contribution in [0, 0.1) is 5.41 Å². The molecule has 0 unspecified atom stereocenters. The van der Waals surface area contributed by atoms with Gasteiger partial charge in [0.25, 0.3) is 0 Å². The standard InChI is InChI=1S/C16H25ClN2/c1-13(2)19-12-16(7-4-3-5-8-16)10-14-6-9-18-11-15(14)17/h6,9,11,13,19H,3-5,7-8,10,12H2,1-2H3. The van der Waals surface area contributed by atoms with Crippen LogP contribution in [0.2, 0.25) is 5.02 Å². The molecule has 0 radical (unpaired) electrons. The summed E-state index contributed by atoms with van der Waals surface area (Å²) in [5.74, 6) is 0. The van der Waals surface area contributed by atoms with Gasteiger partial charge in [0.1, 0.15) is 0 Å². The normalized spacial score (nSPS) is 18.7. The molecule has 3 heteroatoms. The molecule has 0 atom stereocenters. The summed E-state index contributed by atoms with van der Waals surface area (Å²) in [5, 5.41) is 4.45. The third-order valence-electron chi connectivity index (χ3n) is 4.22. The molecule has 19 heavy (non-hydrogen) atoms. The summed E-state index contributed by atoms with van der Waals surface area (Å²) in [6, 6.07) is 2.63. The van der Waals surface area contributed by atoms with E-state index < -0.39 is 0 Å². The molecule has 1 fully saturated rings. The summed E-state index contributed by atoms with van der Waals surface area (Å²) in [4.78, 5) is 4.09. The van der Waals surface area contributed by atoms with Crippen LogP contribution in [0.15, 0.2) is 18.5 Å². The van der Waals surface area contributed by atoms with E-state index in [0.29, 0.717) is 11.5 Å². The molecule has 0 amide bonds. The van der Waals surface area contributed by atoms with Crippen molar-refractivity contribution in [2.75, 3.05) is 6.54 Å². The zero-order chi connectivity index (χ0) is 13.7. The Morgan fingerprint density at radius 3 is 2.68 bits per heavy atom. The number of pyridine rings is 1. The van der Waals surface area contributed by atoms with E-state index in [1.165, 1.54) is 37.7 Å². The van der Waals surface area contributed by atoms with E-state index in [4.69, 9.17) is 11.6 Å². The lowest BCUT2D eigenvalue weighted by Gasteiger charge is -2.38. The Balaban J connectivity index is 2.11. The Labute approximate surface area is 122 Å². The molecule has 1 N–H and O–H groups in total. The minimum absolute atomic E-state index is 0.382. The van der Waals surface area contributed by atoms with Crippen molar-refractivity contribution in [3.63, 3.8) is 0 Å². The SMILES string of the molecule is CC(C)NCC1(Cc2ccncc2Cl)CCCCC1. The second kappa shape index (κ2) is 6.71. The maximum absolute atomic E-state index is 6.29. The van der Waals surface area contributed by atoms with Gasteiger partial charge >= 0.3 is 0 Å². The van der Waals surface area contributed by atoms with Crippen LogP contribution in [-0.4, -0.2) is 17.6 Å². The fraction of sp³-hybridized carbons (Fsp3) is 0.688. The second-order valence-electron chi connectivity index (χ2n) is 6.24. The summed E-state index contributed by atoms with van der Waals surface area (Å²) in [5.41, 5.74) is 1.64. The molecule has 1 saturated carbocycles.